The lowest BCUT2D eigenvalue weighted by molar-refractivity contribution is -0.136. The first-order chi connectivity index (χ1) is 16.9. The Morgan fingerprint density at radius 3 is 2.23 bits per heavy atom. The molecule has 0 saturated carbocycles. The number of methoxy groups -OCH3 is 1. The highest BCUT2D eigenvalue weighted by Gasteiger charge is 2.15. The number of carbonyl (C=O) groups excluding carboxylic acids is 3. The van der Waals surface area contributed by atoms with Gasteiger partial charge in [-0.2, -0.15) is 5.10 Å². The second kappa shape index (κ2) is 12.5. The predicted molar refractivity (Wildman–Crippen MR) is 133 cm³/mol. The zero-order chi connectivity index (χ0) is 25.0. The van der Waals surface area contributed by atoms with Gasteiger partial charge in [-0.15, -0.1) is 0 Å². The molecule has 3 N–H and O–H groups in total. The zero-order valence-corrected chi connectivity index (χ0v) is 19.4. The monoisotopic (exact) mass is 474 g/mol. The topological polar surface area (TPSA) is 118 Å². The molecular formula is C26H26N4O5. The number of ether oxygens (including phenoxy) is 2. The molecule has 0 aromatic heterocycles. The minimum Gasteiger partial charge on any atom is -0.495 e. The third-order valence-electron chi connectivity index (χ3n) is 4.71. The molecule has 0 radical (unpaired) electrons. The van der Waals surface area contributed by atoms with Crippen LogP contribution in [-0.4, -0.2) is 30.5 Å². The molecule has 0 atom stereocenters. The lowest BCUT2D eigenvalue weighted by Crippen LogP contribution is -2.33. The SMILES string of the molecule is COc1ccccc1NC(=O)C(=O)NN=C(C)CC(=O)Nc1ccc(OCc2ccccc2)cc1. The quantitative estimate of drug-likeness (QED) is 0.248. The van der Waals surface area contributed by atoms with Crippen molar-refractivity contribution < 1.29 is 23.9 Å². The van der Waals surface area contributed by atoms with Crippen LogP contribution in [0.15, 0.2) is 84.0 Å². The molecule has 0 bridgehead atoms. The fraction of sp³-hybridized carbons (Fsp3) is 0.154. The Balaban J connectivity index is 1.44. The standard InChI is InChI=1S/C26H26N4O5/c1-18(29-30-26(33)25(32)28-22-10-6-7-11-23(22)34-2)16-24(31)27-20-12-14-21(15-13-20)35-17-19-8-4-3-5-9-19/h3-15H,16-17H2,1-2H3,(H,27,31)(H,28,32)(H,30,33). The number of carbonyl (C=O) groups is 3. The van der Waals surface area contributed by atoms with Crippen LogP contribution in [0, 0.1) is 0 Å². The summed E-state index contributed by atoms with van der Waals surface area (Å²) in [7, 11) is 1.46. The molecule has 3 aromatic carbocycles. The highest BCUT2D eigenvalue weighted by Crippen LogP contribution is 2.22. The van der Waals surface area contributed by atoms with E-state index in [1.165, 1.54) is 7.11 Å². The number of rotatable bonds is 9. The molecule has 3 aromatic rings. The van der Waals surface area contributed by atoms with Gasteiger partial charge in [0.15, 0.2) is 0 Å². The van der Waals surface area contributed by atoms with E-state index in [2.05, 4.69) is 21.2 Å². The predicted octanol–water partition coefficient (Wildman–Crippen LogP) is 3.73. The molecule has 0 aliphatic heterocycles. The van der Waals surface area contributed by atoms with Gasteiger partial charge in [0, 0.05) is 11.4 Å². The van der Waals surface area contributed by atoms with Crippen molar-refractivity contribution in [2.24, 2.45) is 5.10 Å². The number of para-hydroxylation sites is 2. The van der Waals surface area contributed by atoms with Crippen molar-refractivity contribution in [3.63, 3.8) is 0 Å². The summed E-state index contributed by atoms with van der Waals surface area (Å²) in [5.41, 5.74) is 4.47. The lowest BCUT2D eigenvalue weighted by Gasteiger charge is -2.09. The van der Waals surface area contributed by atoms with E-state index in [9.17, 15) is 14.4 Å². The number of nitrogens with zero attached hydrogens (tertiary/aromatic N) is 1. The van der Waals surface area contributed by atoms with Crippen LogP contribution in [-0.2, 0) is 21.0 Å². The van der Waals surface area contributed by atoms with Gasteiger partial charge in [0.2, 0.25) is 5.91 Å². The van der Waals surface area contributed by atoms with Crippen molar-refractivity contribution >= 4 is 34.8 Å². The third kappa shape index (κ3) is 8.01. The molecule has 9 heteroatoms. The largest absolute Gasteiger partial charge is 0.495 e. The van der Waals surface area contributed by atoms with Gasteiger partial charge in [0.25, 0.3) is 0 Å². The molecular weight excluding hydrogens is 448 g/mol. The lowest BCUT2D eigenvalue weighted by atomic mass is 10.2. The van der Waals surface area contributed by atoms with Crippen LogP contribution in [0.3, 0.4) is 0 Å². The van der Waals surface area contributed by atoms with E-state index in [1.807, 2.05) is 30.3 Å². The van der Waals surface area contributed by atoms with Crippen molar-refractivity contribution in [2.75, 3.05) is 17.7 Å². The van der Waals surface area contributed by atoms with Gasteiger partial charge >= 0.3 is 11.8 Å². The Morgan fingerprint density at radius 2 is 1.51 bits per heavy atom. The van der Waals surface area contributed by atoms with Crippen LogP contribution >= 0.6 is 0 Å². The maximum absolute atomic E-state index is 12.3. The first-order valence-corrected chi connectivity index (χ1v) is 10.8. The van der Waals surface area contributed by atoms with Gasteiger partial charge in [-0.1, -0.05) is 42.5 Å². The van der Waals surface area contributed by atoms with Gasteiger partial charge in [-0.05, 0) is 48.9 Å². The highest BCUT2D eigenvalue weighted by molar-refractivity contribution is 6.39. The van der Waals surface area contributed by atoms with Crippen molar-refractivity contribution in [1.82, 2.24) is 5.43 Å². The average molecular weight is 475 g/mol. The van der Waals surface area contributed by atoms with E-state index in [0.717, 1.165) is 5.56 Å². The number of benzene rings is 3. The van der Waals surface area contributed by atoms with Crippen LogP contribution < -0.4 is 25.5 Å². The Hall–Kier alpha value is -4.66. The molecule has 180 valence electrons. The minimum absolute atomic E-state index is 0.0688. The van der Waals surface area contributed by atoms with Crippen LogP contribution in [0.5, 0.6) is 11.5 Å². The molecule has 0 aliphatic carbocycles. The second-order valence-corrected chi connectivity index (χ2v) is 7.47. The Bertz CT molecular complexity index is 1190. The number of anilines is 2. The van der Waals surface area contributed by atoms with Crippen molar-refractivity contribution in [3.05, 3.63) is 84.4 Å². The second-order valence-electron chi connectivity index (χ2n) is 7.47. The van der Waals surface area contributed by atoms with E-state index in [1.54, 1.807) is 55.5 Å². The molecule has 3 rings (SSSR count). The molecule has 35 heavy (non-hydrogen) atoms. The Labute approximate surface area is 203 Å². The van der Waals surface area contributed by atoms with E-state index >= 15 is 0 Å². The zero-order valence-electron chi connectivity index (χ0n) is 19.4. The maximum atomic E-state index is 12.3. The highest BCUT2D eigenvalue weighted by atomic mass is 16.5. The molecule has 3 amide bonds. The van der Waals surface area contributed by atoms with Gasteiger partial charge in [0.05, 0.1) is 19.2 Å². The van der Waals surface area contributed by atoms with Crippen LogP contribution in [0.1, 0.15) is 18.9 Å². The summed E-state index contributed by atoms with van der Waals surface area (Å²) in [6.45, 7) is 2.02. The Morgan fingerprint density at radius 1 is 0.829 bits per heavy atom. The number of hydrogen-bond acceptors (Lipinski definition) is 6. The number of hydrogen-bond donors (Lipinski definition) is 3. The summed E-state index contributed by atoms with van der Waals surface area (Å²) < 4.78 is 10.9. The molecule has 0 unspecified atom stereocenters. The summed E-state index contributed by atoms with van der Waals surface area (Å²) >= 11 is 0. The fourth-order valence-corrected chi connectivity index (χ4v) is 2.98. The summed E-state index contributed by atoms with van der Waals surface area (Å²) in [6.07, 6.45) is -0.0688. The van der Waals surface area contributed by atoms with Crippen LogP contribution in [0.25, 0.3) is 0 Å². The summed E-state index contributed by atoms with van der Waals surface area (Å²) in [5.74, 6) is -1.11. The molecule has 0 spiro atoms. The van der Waals surface area contributed by atoms with Gasteiger partial charge in [0.1, 0.15) is 18.1 Å². The first-order valence-electron chi connectivity index (χ1n) is 10.8. The minimum atomic E-state index is -0.971. The van der Waals surface area contributed by atoms with E-state index in [-0.39, 0.29) is 12.3 Å². The van der Waals surface area contributed by atoms with Crippen molar-refractivity contribution in [1.29, 1.82) is 0 Å². The first kappa shape index (κ1) is 25.0. The maximum Gasteiger partial charge on any atom is 0.329 e. The van der Waals surface area contributed by atoms with E-state index in [0.29, 0.717) is 35.2 Å². The van der Waals surface area contributed by atoms with Crippen molar-refractivity contribution in [2.45, 2.75) is 20.0 Å². The smallest absolute Gasteiger partial charge is 0.329 e. The molecule has 9 nitrogen and oxygen atoms in total. The average Bonchev–Trinajstić information content (AvgIpc) is 2.87. The summed E-state index contributed by atoms with van der Waals surface area (Å²) in [5, 5.41) is 9.02. The summed E-state index contributed by atoms with van der Waals surface area (Å²) in [6, 6.07) is 23.5. The molecule has 0 heterocycles. The van der Waals surface area contributed by atoms with Gasteiger partial charge in [-0.25, -0.2) is 5.43 Å². The number of nitrogens with one attached hydrogen (secondary N) is 3. The Kier molecular flexibility index (Phi) is 8.95. The third-order valence-corrected chi connectivity index (χ3v) is 4.71. The van der Waals surface area contributed by atoms with E-state index in [4.69, 9.17) is 9.47 Å². The molecule has 0 fully saturated rings. The summed E-state index contributed by atoms with van der Waals surface area (Å²) in [4.78, 5) is 36.4. The van der Waals surface area contributed by atoms with Gasteiger partial charge < -0.3 is 20.1 Å². The van der Waals surface area contributed by atoms with E-state index < -0.39 is 11.8 Å². The number of amides is 3. The van der Waals surface area contributed by atoms with Crippen molar-refractivity contribution in [3.8, 4) is 11.5 Å². The number of hydrazone groups is 1. The van der Waals surface area contributed by atoms with Crippen LogP contribution in [0.4, 0.5) is 11.4 Å². The molecule has 0 saturated heterocycles. The fourth-order valence-electron chi connectivity index (χ4n) is 2.98. The normalized spacial score (nSPS) is 10.7. The van der Waals surface area contributed by atoms with Crippen LogP contribution in [0.2, 0.25) is 0 Å². The molecule has 0 aliphatic rings. The van der Waals surface area contributed by atoms with Gasteiger partial charge in [-0.3, -0.25) is 14.4 Å².